The van der Waals surface area contributed by atoms with Crippen LogP contribution in [0.15, 0.2) is 0 Å². The Bertz CT molecular complexity index is 239. The van der Waals surface area contributed by atoms with E-state index >= 15 is 0 Å². The highest BCUT2D eigenvalue weighted by atomic mass is 16.5. The summed E-state index contributed by atoms with van der Waals surface area (Å²) < 4.78 is 5.65. The largest absolute Gasteiger partial charge is 0.368 e. The van der Waals surface area contributed by atoms with Crippen molar-refractivity contribution in [2.45, 2.75) is 44.8 Å². The summed E-state index contributed by atoms with van der Waals surface area (Å²) in [7, 11) is 0. The number of nitrogens with one attached hydrogen (secondary N) is 1. The Hall–Kier alpha value is -0.610. The van der Waals surface area contributed by atoms with Crippen molar-refractivity contribution in [1.29, 1.82) is 0 Å². The summed E-state index contributed by atoms with van der Waals surface area (Å²) in [6.07, 6.45) is 5.10. The van der Waals surface area contributed by atoms with Gasteiger partial charge in [-0.25, -0.2) is 0 Å². The first-order valence-corrected chi connectivity index (χ1v) is 6.39. The van der Waals surface area contributed by atoms with Crippen LogP contribution in [0.2, 0.25) is 0 Å². The first-order valence-electron chi connectivity index (χ1n) is 6.39. The molecule has 1 aliphatic heterocycles. The van der Waals surface area contributed by atoms with Crippen LogP contribution >= 0.6 is 0 Å². The van der Waals surface area contributed by atoms with Gasteiger partial charge in [-0.2, -0.15) is 0 Å². The maximum absolute atomic E-state index is 11.9. The van der Waals surface area contributed by atoms with E-state index in [2.05, 4.69) is 12.2 Å². The Morgan fingerprint density at radius 3 is 2.88 bits per heavy atom. The van der Waals surface area contributed by atoms with E-state index in [4.69, 9.17) is 4.74 Å². The monoisotopic (exact) mass is 226 g/mol. The molecule has 2 rings (SSSR count). The molecule has 4 nitrogen and oxygen atoms in total. The molecule has 0 bridgehead atoms. The predicted molar refractivity (Wildman–Crippen MR) is 62.3 cm³/mol. The fourth-order valence-electron chi connectivity index (χ4n) is 2.54. The van der Waals surface area contributed by atoms with Gasteiger partial charge in [0.15, 0.2) is 0 Å². The second kappa shape index (κ2) is 5.64. The van der Waals surface area contributed by atoms with Crippen molar-refractivity contribution >= 4 is 5.91 Å². The second-order valence-corrected chi connectivity index (χ2v) is 4.86. The molecular formula is C12H22N2O2. The van der Waals surface area contributed by atoms with Crippen LogP contribution in [0, 0.1) is 0 Å². The third-order valence-electron chi connectivity index (χ3n) is 3.57. The average molecular weight is 226 g/mol. The summed E-state index contributed by atoms with van der Waals surface area (Å²) in [5, 5.41) is 3.28. The molecule has 0 unspecified atom stereocenters. The highest BCUT2D eigenvalue weighted by Crippen LogP contribution is 2.20. The number of hydrogen-bond acceptors (Lipinski definition) is 3. The molecule has 2 aliphatic rings. The number of hydrogen-bond donors (Lipinski definition) is 1. The van der Waals surface area contributed by atoms with Crippen molar-refractivity contribution < 1.29 is 9.53 Å². The lowest BCUT2D eigenvalue weighted by atomic mass is 10.2. The quantitative estimate of drug-likeness (QED) is 0.772. The molecule has 0 spiro atoms. The molecule has 1 N–H and O–H groups in total. The van der Waals surface area contributed by atoms with Gasteiger partial charge in [-0.3, -0.25) is 4.79 Å². The smallest absolute Gasteiger partial charge is 0.248 e. The summed E-state index contributed by atoms with van der Waals surface area (Å²) in [4.78, 5) is 13.9. The molecule has 1 heterocycles. The molecule has 1 amide bonds. The Labute approximate surface area is 97.3 Å². The Balaban J connectivity index is 1.73. The summed E-state index contributed by atoms with van der Waals surface area (Å²) in [5.74, 6) is 0.154. The zero-order chi connectivity index (χ0) is 11.4. The van der Waals surface area contributed by atoms with Gasteiger partial charge in [0, 0.05) is 25.7 Å². The van der Waals surface area contributed by atoms with Gasteiger partial charge >= 0.3 is 0 Å². The highest BCUT2D eigenvalue weighted by molar-refractivity contribution is 5.77. The van der Waals surface area contributed by atoms with Crippen LogP contribution in [0.1, 0.15) is 32.6 Å². The fraction of sp³-hybridized carbons (Fsp3) is 0.917. The van der Waals surface area contributed by atoms with Gasteiger partial charge in [-0.05, 0) is 19.8 Å². The van der Waals surface area contributed by atoms with Gasteiger partial charge in [0.1, 0.15) is 6.61 Å². The maximum atomic E-state index is 11.9. The van der Waals surface area contributed by atoms with Gasteiger partial charge in [-0.15, -0.1) is 0 Å². The van der Waals surface area contributed by atoms with E-state index in [0.29, 0.717) is 12.1 Å². The van der Waals surface area contributed by atoms with Crippen LogP contribution in [0.3, 0.4) is 0 Å². The minimum absolute atomic E-state index is 0.154. The van der Waals surface area contributed by atoms with Gasteiger partial charge in [0.25, 0.3) is 0 Å². The molecule has 0 aromatic carbocycles. The topological polar surface area (TPSA) is 41.6 Å². The Morgan fingerprint density at radius 2 is 2.19 bits per heavy atom. The van der Waals surface area contributed by atoms with Crippen LogP contribution in [0.5, 0.6) is 0 Å². The first kappa shape index (κ1) is 11.9. The van der Waals surface area contributed by atoms with Crippen molar-refractivity contribution in [2.75, 3.05) is 26.2 Å². The normalized spacial score (nSPS) is 27.3. The molecule has 1 atom stereocenters. The van der Waals surface area contributed by atoms with Crippen molar-refractivity contribution in [1.82, 2.24) is 10.2 Å². The summed E-state index contributed by atoms with van der Waals surface area (Å²) in [6, 6.07) is 0.299. The fourth-order valence-corrected chi connectivity index (χ4v) is 2.54. The maximum Gasteiger partial charge on any atom is 0.248 e. The van der Waals surface area contributed by atoms with Crippen LogP contribution in [0.25, 0.3) is 0 Å². The molecule has 0 radical (unpaired) electrons. The van der Waals surface area contributed by atoms with Gasteiger partial charge in [0.2, 0.25) is 5.91 Å². The first-order chi connectivity index (χ1) is 7.77. The third-order valence-corrected chi connectivity index (χ3v) is 3.57. The van der Waals surface area contributed by atoms with Crippen LogP contribution < -0.4 is 5.32 Å². The van der Waals surface area contributed by atoms with Gasteiger partial charge in [0.05, 0.1) is 6.10 Å². The van der Waals surface area contributed by atoms with Gasteiger partial charge < -0.3 is 15.0 Å². The van der Waals surface area contributed by atoms with Crippen molar-refractivity contribution in [3.05, 3.63) is 0 Å². The zero-order valence-corrected chi connectivity index (χ0v) is 10.1. The molecule has 1 saturated heterocycles. The minimum Gasteiger partial charge on any atom is -0.368 e. The SMILES string of the molecule is C[C@@H]1CNCCN1C(=O)COC1CCCC1. The van der Waals surface area contributed by atoms with E-state index in [1.807, 2.05) is 4.90 Å². The molecule has 0 aromatic rings. The second-order valence-electron chi connectivity index (χ2n) is 4.86. The lowest BCUT2D eigenvalue weighted by Crippen LogP contribution is -2.53. The molecule has 2 fully saturated rings. The van der Waals surface area contributed by atoms with E-state index in [-0.39, 0.29) is 12.5 Å². The molecule has 1 aliphatic carbocycles. The molecule has 1 saturated carbocycles. The Kier molecular flexibility index (Phi) is 4.18. The molecule has 16 heavy (non-hydrogen) atoms. The number of ether oxygens (including phenoxy) is 1. The van der Waals surface area contributed by atoms with Crippen LogP contribution in [0.4, 0.5) is 0 Å². The zero-order valence-electron chi connectivity index (χ0n) is 10.1. The predicted octanol–water partition coefficient (Wildman–Crippen LogP) is 0.766. The minimum atomic E-state index is 0.154. The molecular weight excluding hydrogens is 204 g/mol. The average Bonchev–Trinajstić information content (AvgIpc) is 2.79. The standard InChI is InChI=1S/C12H22N2O2/c1-10-8-13-6-7-14(10)12(15)9-16-11-4-2-3-5-11/h10-11,13H,2-9H2,1H3/t10-/m1/s1. The van der Waals surface area contributed by atoms with Crippen molar-refractivity contribution in [3.63, 3.8) is 0 Å². The van der Waals surface area contributed by atoms with E-state index < -0.39 is 0 Å². The number of rotatable bonds is 3. The Morgan fingerprint density at radius 1 is 1.44 bits per heavy atom. The summed E-state index contributed by atoms with van der Waals surface area (Å²) in [6.45, 7) is 4.97. The van der Waals surface area contributed by atoms with E-state index in [9.17, 15) is 4.79 Å². The number of carbonyl (C=O) groups excluding carboxylic acids is 1. The molecule has 0 aromatic heterocycles. The number of piperazine rings is 1. The van der Waals surface area contributed by atoms with E-state index in [1.165, 1.54) is 12.8 Å². The molecule has 4 heteroatoms. The lowest BCUT2D eigenvalue weighted by Gasteiger charge is -2.34. The highest BCUT2D eigenvalue weighted by Gasteiger charge is 2.24. The van der Waals surface area contributed by atoms with E-state index in [1.54, 1.807) is 0 Å². The molecule has 92 valence electrons. The van der Waals surface area contributed by atoms with Crippen molar-refractivity contribution in [3.8, 4) is 0 Å². The summed E-state index contributed by atoms with van der Waals surface area (Å²) in [5.41, 5.74) is 0. The van der Waals surface area contributed by atoms with Crippen molar-refractivity contribution in [2.24, 2.45) is 0 Å². The summed E-state index contributed by atoms with van der Waals surface area (Å²) >= 11 is 0. The number of carbonyl (C=O) groups is 1. The van der Waals surface area contributed by atoms with Crippen LogP contribution in [-0.4, -0.2) is 49.2 Å². The number of amides is 1. The van der Waals surface area contributed by atoms with Crippen LogP contribution in [-0.2, 0) is 9.53 Å². The van der Waals surface area contributed by atoms with Gasteiger partial charge in [-0.1, -0.05) is 12.8 Å². The van der Waals surface area contributed by atoms with E-state index in [0.717, 1.165) is 32.5 Å². The third kappa shape index (κ3) is 2.95. The lowest BCUT2D eigenvalue weighted by molar-refractivity contribution is -0.140. The number of nitrogens with zero attached hydrogens (tertiary/aromatic N) is 1.